The van der Waals surface area contributed by atoms with Gasteiger partial charge < -0.3 is 9.84 Å². The van der Waals surface area contributed by atoms with Crippen LogP contribution in [0.25, 0.3) is 0 Å². The minimum absolute atomic E-state index is 0.247. The first-order chi connectivity index (χ1) is 9.00. The minimum atomic E-state index is -1.28. The van der Waals surface area contributed by atoms with Crippen molar-refractivity contribution in [2.45, 2.75) is 0 Å². The molecule has 0 radical (unpaired) electrons. The lowest BCUT2D eigenvalue weighted by Gasteiger charge is -2.08. The summed E-state index contributed by atoms with van der Waals surface area (Å²) in [4.78, 5) is 14.5. The zero-order valence-corrected chi connectivity index (χ0v) is 9.99. The zero-order chi connectivity index (χ0) is 14.0. The smallest absolute Gasteiger partial charge is 0.337 e. The lowest BCUT2D eigenvalue weighted by atomic mass is 10.2. The number of carboxylic acids is 1. The van der Waals surface area contributed by atoms with Crippen molar-refractivity contribution in [3.05, 3.63) is 52.7 Å². The van der Waals surface area contributed by atoms with Crippen LogP contribution in [0.15, 0.2) is 30.5 Å². The minimum Gasteiger partial charge on any atom is -0.478 e. The molecule has 2 aromatic rings. The first kappa shape index (κ1) is 13.2. The van der Waals surface area contributed by atoms with Crippen LogP contribution in [0, 0.1) is 11.6 Å². The fraction of sp³-hybridized carbons (Fsp3) is 0. The number of carbonyl (C=O) groups is 1. The van der Waals surface area contributed by atoms with Crippen molar-refractivity contribution in [2.75, 3.05) is 0 Å². The summed E-state index contributed by atoms with van der Waals surface area (Å²) in [5, 5.41) is 8.56. The second-order valence-electron chi connectivity index (χ2n) is 3.44. The standard InChI is InChI=1S/C12H6ClF2NO3/c13-9-6(12(17)18)4-5-16-11(9)19-8-3-1-2-7(14)10(8)15/h1-5H,(H,17,18). The molecule has 0 aliphatic heterocycles. The van der Waals surface area contributed by atoms with Gasteiger partial charge in [0.1, 0.15) is 5.02 Å². The number of ether oxygens (including phenoxy) is 1. The number of carboxylic acid groups (broad SMARTS) is 1. The van der Waals surface area contributed by atoms with Crippen LogP contribution in [0.4, 0.5) is 8.78 Å². The van der Waals surface area contributed by atoms with Gasteiger partial charge in [-0.1, -0.05) is 17.7 Å². The Morgan fingerprint density at radius 3 is 2.74 bits per heavy atom. The average molecular weight is 286 g/mol. The van der Waals surface area contributed by atoms with Gasteiger partial charge >= 0.3 is 5.97 Å². The Morgan fingerprint density at radius 1 is 1.32 bits per heavy atom. The molecular formula is C12H6ClF2NO3. The third-order valence-corrected chi connectivity index (χ3v) is 2.58. The molecule has 19 heavy (non-hydrogen) atoms. The van der Waals surface area contributed by atoms with Gasteiger partial charge in [-0.15, -0.1) is 0 Å². The number of nitrogens with zero attached hydrogens (tertiary/aromatic N) is 1. The van der Waals surface area contributed by atoms with Gasteiger partial charge in [-0.25, -0.2) is 14.2 Å². The molecule has 0 saturated heterocycles. The molecule has 0 unspecified atom stereocenters. The van der Waals surface area contributed by atoms with E-state index in [2.05, 4.69) is 4.98 Å². The normalized spacial score (nSPS) is 10.3. The molecular weight excluding hydrogens is 280 g/mol. The Balaban J connectivity index is 2.42. The molecule has 4 nitrogen and oxygen atoms in total. The number of pyridine rings is 1. The van der Waals surface area contributed by atoms with Crippen LogP contribution in [0.2, 0.25) is 5.02 Å². The highest BCUT2D eigenvalue weighted by Crippen LogP contribution is 2.31. The molecule has 0 atom stereocenters. The number of aromatic carboxylic acids is 1. The lowest BCUT2D eigenvalue weighted by Crippen LogP contribution is -2.01. The van der Waals surface area contributed by atoms with Crippen molar-refractivity contribution in [1.82, 2.24) is 4.98 Å². The van der Waals surface area contributed by atoms with Crippen LogP contribution in [0.1, 0.15) is 10.4 Å². The van der Waals surface area contributed by atoms with Crippen molar-refractivity contribution in [3.8, 4) is 11.6 Å². The van der Waals surface area contributed by atoms with Crippen LogP contribution in [0.5, 0.6) is 11.6 Å². The maximum Gasteiger partial charge on any atom is 0.337 e. The van der Waals surface area contributed by atoms with E-state index in [4.69, 9.17) is 21.4 Å². The molecule has 98 valence electrons. The molecule has 7 heteroatoms. The van der Waals surface area contributed by atoms with Crippen LogP contribution >= 0.6 is 11.6 Å². The number of hydrogen-bond donors (Lipinski definition) is 1. The number of hydrogen-bond acceptors (Lipinski definition) is 3. The van der Waals surface area contributed by atoms with Crippen molar-refractivity contribution < 1.29 is 23.4 Å². The summed E-state index contributed by atoms with van der Waals surface area (Å²) < 4.78 is 31.4. The van der Waals surface area contributed by atoms with Gasteiger partial charge in [0.25, 0.3) is 0 Å². The summed E-state index contributed by atoms with van der Waals surface area (Å²) in [5.41, 5.74) is -0.247. The Kier molecular flexibility index (Phi) is 3.62. The van der Waals surface area contributed by atoms with Gasteiger partial charge in [0.05, 0.1) is 5.56 Å². The molecule has 0 spiro atoms. The van der Waals surface area contributed by atoms with Gasteiger partial charge in [0.2, 0.25) is 11.7 Å². The first-order valence-electron chi connectivity index (χ1n) is 5.00. The van der Waals surface area contributed by atoms with E-state index in [0.717, 1.165) is 12.3 Å². The summed E-state index contributed by atoms with van der Waals surface area (Å²) in [6.07, 6.45) is 1.14. The Labute approximate surface area is 111 Å². The third-order valence-electron chi connectivity index (χ3n) is 2.21. The van der Waals surface area contributed by atoms with Crippen molar-refractivity contribution in [1.29, 1.82) is 0 Å². The second-order valence-corrected chi connectivity index (χ2v) is 3.81. The molecule has 0 fully saturated rings. The SMILES string of the molecule is O=C(O)c1ccnc(Oc2cccc(F)c2F)c1Cl. The number of rotatable bonds is 3. The number of halogens is 3. The van der Waals surface area contributed by atoms with E-state index < -0.39 is 23.4 Å². The summed E-state index contributed by atoms with van der Waals surface area (Å²) in [7, 11) is 0. The average Bonchev–Trinajstić information content (AvgIpc) is 2.37. The molecule has 1 heterocycles. The summed E-state index contributed by atoms with van der Waals surface area (Å²) in [6.45, 7) is 0. The topological polar surface area (TPSA) is 59.4 Å². The van der Waals surface area contributed by atoms with Gasteiger partial charge in [-0.2, -0.15) is 4.39 Å². The summed E-state index contributed by atoms with van der Waals surface area (Å²) in [5.74, 6) is -4.33. The molecule has 1 aromatic carbocycles. The maximum absolute atomic E-state index is 13.4. The van der Waals surface area contributed by atoms with Gasteiger partial charge in [-0.3, -0.25) is 0 Å². The molecule has 0 amide bonds. The monoisotopic (exact) mass is 285 g/mol. The van der Waals surface area contributed by atoms with Crippen molar-refractivity contribution >= 4 is 17.6 Å². The van der Waals surface area contributed by atoms with E-state index in [9.17, 15) is 13.6 Å². The zero-order valence-electron chi connectivity index (χ0n) is 9.23. The highest BCUT2D eigenvalue weighted by molar-refractivity contribution is 6.34. The highest BCUT2D eigenvalue weighted by Gasteiger charge is 2.17. The molecule has 1 aromatic heterocycles. The fourth-order valence-electron chi connectivity index (χ4n) is 1.33. The van der Waals surface area contributed by atoms with Crippen LogP contribution in [-0.2, 0) is 0 Å². The van der Waals surface area contributed by atoms with E-state index >= 15 is 0 Å². The summed E-state index contributed by atoms with van der Waals surface area (Å²) in [6, 6.07) is 4.50. The Bertz CT molecular complexity index is 649. The van der Waals surface area contributed by atoms with Crippen LogP contribution < -0.4 is 4.74 Å². The Hall–Kier alpha value is -2.21. The van der Waals surface area contributed by atoms with E-state index in [1.807, 2.05) is 0 Å². The largest absolute Gasteiger partial charge is 0.478 e. The maximum atomic E-state index is 13.4. The molecule has 1 N–H and O–H groups in total. The summed E-state index contributed by atoms with van der Waals surface area (Å²) >= 11 is 5.76. The predicted molar refractivity (Wildman–Crippen MR) is 62.6 cm³/mol. The quantitative estimate of drug-likeness (QED) is 0.937. The number of aromatic nitrogens is 1. The van der Waals surface area contributed by atoms with Crippen molar-refractivity contribution in [3.63, 3.8) is 0 Å². The molecule has 0 aliphatic carbocycles. The fourth-order valence-corrected chi connectivity index (χ4v) is 1.56. The van der Waals surface area contributed by atoms with Crippen LogP contribution in [-0.4, -0.2) is 16.1 Å². The first-order valence-corrected chi connectivity index (χ1v) is 5.38. The molecule has 0 bridgehead atoms. The van der Waals surface area contributed by atoms with E-state index in [1.54, 1.807) is 0 Å². The molecule has 0 aliphatic rings. The van der Waals surface area contributed by atoms with Gasteiger partial charge in [-0.05, 0) is 18.2 Å². The van der Waals surface area contributed by atoms with Gasteiger partial charge in [0.15, 0.2) is 11.6 Å². The number of benzene rings is 1. The van der Waals surface area contributed by atoms with E-state index in [-0.39, 0.29) is 16.5 Å². The lowest BCUT2D eigenvalue weighted by molar-refractivity contribution is 0.0696. The molecule has 0 saturated carbocycles. The van der Waals surface area contributed by atoms with Gasteiger partial charge in [0, 0.05) is 6.20 Å². The predicted octanol–water partition coefficient (Wildman–Crippen LogP) is 3.50. The van der Waals surface area contributed by atoms with E-state index in [0.29, 0.717) is 0 Å². The highest BCUT2D eigenvalue weighted by atomic mass is 35.5. The van der Waals surface area contributed by atoms with Crippen LogP contribution in [0.3, 0.4) is 0 Å². The third kappa shape index (κ3) is 2.63. The van der Waals surface area contributed by atoms with Crippen molar-refractivity contribution in [2.24, 2.45) is 0 Å². The Morgan fingerprint density at radius 2 is 2.05 bits per heavy atom. The second kappa shape index (κ2) is 5.19. The molecule has 2 rings (SSSR count). The van der Waals surface area contributed by atoms with E-state index in [1.165, 1.54) is 18.2 Å².